The second-order valence-electron chi connectivity index (χ2n) is 6.43. The third-order valence-corrected chi connectivity index (χ3v) is 6.45. The lowest BCUT2D eigenvalue weighted by atomic mass is 10.1. The summed E-state index contributed by atoms with van der Waals surface area (Å²) in [5.74, 6) is 0.700. The number of amides is 1. The van der Waals surface area contributed by atoms with Crippen molar-refractivity contribution >= 4 is 50.6 Å². The Hall–Kier alpha value is -2.90. The molecule has 1 aromatic heterocycles. The summed E-state index contributed by atoms with van der Waals surface area (Å²) in [6, 6.07) is 17.3. The Balaban J connectivity index is 1.78. The summed E-state index contributed by atoms with van der Waals surface area (Å²) in [5.41, 5.74) is 3.58. The van der Waals surface area contributed by atoms with Crippen LogP contribution in [0.5, 0.6) is 5.75 Å². The number of para-hydroxylation sites is 1. The van der Waals surface area contributed by atoms with E-state index in [0.29, 0.717) is 15.2 Å². The van der Waals surface area contributed by atoms with E-state index in [1.165, 1.54) is 23.1 Å². The third kappa shape index (κ3) is 3.97. The van der Waals surface area contributed by atoms with Crippen LogP contribution in [0.2, 0.25) is 0 Å². The van der Waals surface area contributed by atoms with Crippen LogP contribution >= 0.6 is 23.1 Å². The molecule has 0 saturated carbocycles. The molecule has 0 aliphatic carbocycles. The minimum absolute atomic E-state index is 0.0819. The summed E-state index contributed by atoms with van der Waals surface area (Å²) >= 11 is 2.85. The van der Waals surface area contributed by atoms with Crippen LogP contribution in [0, 0.1) is 6.92 Å². The van der Waals surface area contributed by atoms with E-state index in [9.17, 15) is 4.79 Å². The summed E-state index contributed by atoms with van der Waals surface area (Å²) < 4.78 is 5.23. The largest absolute Gasteiger partial charge is 0.497 e. The number of hydrogen-bond donors (Lipinski definition) is 0. The zero-order chi connectivity index (χ0) is 20.4. The summed E-state index contributed by atoms with van der Waals surface area (Å²) in [6.07, 6.45) is 0. The highest BCUT2D eigenvalue weighted by Crippen LogP contribution is 2.40. The van der Waals surface area contributed by atoms with Gasteiger partial charge in [-0.3, -0.25) is 9.69 Å². The van der Waals surface area contributed by atoms with Crippen molar-refractivity contribution in [2.45, 2.75) is 13.8 Å². The molecule has 0 atom stereocenters. The summed E-state index contributed by atoms with van der Waals surface area (Å²) in [7, 11) is 1.64. The molecule has 1 aliphatic heterocycles. The number of rotatable bonds is 4. The molecule has 29 heavy (non-hydrogen) atoms. The smallest absolute Gasteiger partial charge is 0.271 e. The minimum atomic E-state index is -0.0819. The Bertz CT molecular complexity index is 1100. The van der Waals surface area contributed by atoms with Crippen molar-refractivity contribution in [3.05, 3.63) is 76.1 Å². The van der Waals surface area contributed by atoms with Gasteiger partial charge in [-0.2, -0.15) is 4.99 Å². The van der Waals surface area contributed by atoms with Crippen LogP contribution in [-0.2, 0) is 4.79 Å². The normalized spacial score (nSPS) is 17.1. The van der Waals surface area contributed by atoms with Crippen LogP contribution in [0.1, 0.15) is 18.2 Å². The van der Waals surface area contributed by atoms with E-state index in [1.807, 2.05) is 73.8 Å². The van der Waals surface area contributed by atoms with Gasteiger partial charge in [0.2, 0.25) is 5.13 Å². The molecule has 1 saturated heterocycles. The van der Waals surface area contributed by atoms with E-state index in [2.05, 4.69) is 9.98 Å². The van der Waals surface area contributed by atoms with Gasteiger partial charge in [0.15, 0.2) is 5.17 Å². The summed E-state index contributed by atoms with van der Waals surface area (Å²) in [6.45, 7) is 3.89. The maximum absolute atomic E-state index is 13.4. The van der Waals surface area contributed by atoms with Gasteiger partial charge < -0.3 is 4.74 Å². The summed E-state index contributed by atoms with van der Waals surface area (Å²) in [4.78, 5) is 24.8. The molecule has 1 amide bonds. The highest BCUT2D eigenvalue weighted by molar-refractivity contribution is 8.19. The molecule has 5 nitrogen and oxygen atoms in total. The lowest BCUT2D eigenvalue weighted by Crippen LogP contribution is -2.28. The molecule has 0 N–H and O–H groups in total. The standard InChI is InChI=1S/C22H19N3O2S2/c1-14-13-28-21(23-14)24-22-25(17-7-5-4-6-8-17)20(26)19(29-22)15(2)16-9-11-18(27-3)12-10-16/h4-13H,1-3H3/b19-15-,24-22+. The lowest BCUT2D eigenvalue weighted by molar-refractivity contribution is -0.113. The van der Waals surface area contributed by atoms with Crippen molar-refractivity contribution in [1.82, 2.24) is 4.98 Å². The fraction of sp³-hybridized carbons (Fsp3) is 0.136. The SMILES string of the molecule is COc1ccc(/C(C)=C2\S/C(=N/c3nc(C)cs3)N(c3ccccc3)C2=O)cc1. The number of amidine groups is 1. The number of benzene rings is 2. The quantitative estimate of drug-likeness (QED) is 0.510. The van der Waals surface area contributed by atoms with Gasteiger partial charge in [-0.25, -0.2) is 4.98 Å². The van der Waals surface area contributed by atoms with Gasteiger partial charge in [0, 0.05) is 5.38 Å². The first-order valence-electron chi connectivity index (χ1n) is 9.00. The van der Waals surface area contributed by atoms with Gasteiger partial charge in [-0.1, -0.05) is 30.3 Å². The zero-order valence-electron chi connectivity index (χ0n) is 16.2. The Labute approximate surface area is 177 Å². The van der Waals surface area contributed by atoms with Gasteiger partial charge in [-0.15, -0.1) is 11.3 Å². The van der Waals surface area contributed by atoms with Crippen molar-refractivity contribution in [1.29, 1.82) is 0 Å². The Kier molecular flexibility index (Phi) is 5.51. The number of allylic oxidation sites excluding steroid dienone is 1. The molecule has 1 fully saturated rings. The number of anilines is 1. The van der Waals surface area contributed by atoms with Crippen molar-refractivity contribution in [2.24, 2.45) is 4.99 Å². The van der Waals surface area contributed by atoms with Crippen molar-refractivity contribution in [3.8, 4) is 5.75 Å². The second kappa shape index (κ2) is 8.23. The molecule has 7 heteroatoms. The van der Waals surface area contributed by atoms with Gasteiger partial charge in [0.25, 0.3) is 5.91 Å². The average Bonchev–Trinajstić information content (AvgIpc) is 3.30. The number of methoxy groups -OCH3 is 1. The fourth-order valence-corrected chi connectivity index (χ4v) is 4.70. The highest BCUT2D eigenvalue weighted by atomic mass is 32.2. The maximum Gasteiger partial charge on any atom is 0.271 e. The Morgan fingerprint density at radius 2 is 1.83 bits per heavy atom. The number of thioether (sulfide) groups is 1. The summed E-state index contributed by atoms with van der Waals surface area (Å²) in [5, 5.41) is 3.20. The van der Waals surface area contributed by atoms with Crippen molar-refractivity contribution < 1.29 is 9.53 Å². The molecule has 0 spiro atoms. The van der Waals surface area contributed by atoms with E-state index < -0.39 is 0 Å². The molecular weight excluding hydrogens is 402 g/mol. The van der Waals surface area contributed by atoms with Crippen molar-refractivity contribution in [3.63, 3.8) is 0 Å². The number of ether oxygens (including phenoxy) is 1. The van der Waals surface area contributed by atoms with Gasteiger partial charge >= 0.3 is 0 Å². The van der Waals surface area contributed by atoms with Gasteiger partial charge in [0.1, 0.15) is 5.75 Å². The molecule has 3 aromatic rings. The molecule has 0 bridgehead atoms. The molecule has 2 heterocycles. The van der Waals surface area contributed by atoms with E-state index in [4.69, 9.17) is 4.74 Å². The van der Waals surface area contributed by atoms with Crippen LogP contribution < -0.4 is 9.64 Å². The first-order chi connectivity index (χ1) is 14.1. The number of aliphatic imine (C=N–C) groups is 1. The van der Waals surface area contributed by atoms with Crippen LogP contribution in [0.4, 0.5) is 10.8 Å². The molecular formula is C22H19N3O2S2. The molecule has 2 aromatic carbocycles. The highest BCUT2D eigenvalue weighted by Gasteiger charge is 2.36. The van der Waals surface area contributed by atoms with Gasteiger partial charge in [0.05, 0.1) is 23.4 Å². The molecule has 1 aliphatic rings. The van der Waals surface area contributed by atoms with E-state index in [-0.39, 0.29) is 5.91 Å². The number of carbonyl (C=O) groups excluding carboxylic acids is 1. The predicted octanol–water partition coefficient (Wildman–Crippen LogP) is 5.66. The van der Waals surface area contributed by atoms with Crippen LogP contribution in [0.3, 0.4) is 0 Å². The second-order valence-corrected chi connectivity index (χ2v) is 8.24. The van der Waals surface area contributed by atoms with Crippen molar-refractivity contribution in [2.75, 3.05) is 12.0 Å². The average molecular weight is 422 g/mol. The van der Waals surface area contributed by atoms with Crippen LogP contribution in [-0.4, -0.2) is 23.2 Å². The Morgan fingerprint density at radius 1 is 1.10 bits per heavy atom. The number of nitrogens with zero attached hydrogens (tertiary/aromatic N) is 3. The number of hydrogen-bond acceptors (Lipinski definition) is 6. The first-order valence-corrected chi connectivity index (χ1v) is 10.7. The lowest BCUT2D eigenvalue weighted by Gasteiger charge is -2.15. The Morgan fingerprint density at radius 3 is 2.45 bits per heavy atom. The topological polar surface area (TPSA) is 54.8 Å². The molecule has 0 unspecified atom stereocenters. The van der Waals surface area contributed by atoms with E-state index >= 15 is 0 Å². The molecule has 0 radical (unpaired) electrons. The number of aromatic nitrogens is 1. The predicted molar refractivity (Wildman–Crippen MR) is 121 cm³/mol. The molecule has 146 valence electrons. The third-order valence-electron chi connectivity index (χ3n) is 4.46. The maximum atomic E-state index is 13.4. The van der Waals surface area contributed by atoms with Crippen LogP contribution in [0.25, 0.3) is 5.57 Å². The van der Waals surface area contributed by atoms with E-state index in [0.717, 1.165) is 28.3 Å². The zero-order valence-corrected chi connectivity index (χ0v) is 17.9. The van der Waals surface area contributed by atoms with Gasteiger partial charge in [-0.05, 0) is 61.0 Å². The molecule has 4 rings (SSSR count). The fourth-order valence-electron chi connectivity index (χ4n) is 2.93. The monoisotopic (exact) mass is 421 g/mol. The number of thiazole rings is 1. The number of aryl methyl sites for hydroxylation is 1. The van der Waals surface area contributed by atoms with Crippen LogP contribution in [0.15, 0.2) is 69.9 Å². The minimum Gasteiger partial charge on any atom is -0.497 e. The van der Waals surface area contributed by atoms with E-state index in [1.54, 1.807) is 12.0 Å². The first kappa shape index (κ1) is 19.4. The number of carbonyl (C=O) groups is 1.